The highest BCUT2D eigenvalue weighted by Crippen LogP contribution is 2.33. The normalized spacial score (nSPS) is 16.3. The zero-order valence-electron chi connectivity index (χ0n) is 21.9. The first kappa shape index (κ1) is 25.0. The van der Waals surface area contributed by atoms with E-state index in [1.165, 1.54) is 114 Å². The lowest BCUT2D eigenvalue weighted by Gasteiger charge is -2.19. The predicted octanol–water partition coefficient (Wildman–Crippen LogP) is 10.1. The van der Waals surface area contributed by atoms with Gasteiger partial charge in [-0.25, -0.2) is 0 Å². The van der Waals surface area contributed by atoms with E-state index < -0.39 is 0 Å². The van der Waals surface area contributed by atoms with Crippen LogP contribution in [0.4, 0.5) is 0 Å². The second kappa shape index (κ2) is 13.1. The highest BCUT2D eigenvalue weighted by atomic mass is 14.2. The molecular formula is C34H46. The van der Waals surface area contributed by atoms with Gasteiger partial charge in [0.2, 0.25) is 0 Å². The largest absolute Gasteiger partial charge is 0.0807 e. The monoisotopic (exact) mass is 454 g/mol. The van der Waals surface area contributed by atoms with Gasteiger partial charge in [0.15, 0.2) is 0 Å². The van der Waals surface area contributed by atoms with E-state index in [0.717, 1.165) is 0 Å². The number of rotatable bonds is 11. The van der Waals surface area contributed by atoms with Crippen LogP contribution in [0.5, 0.6) is 0 Å². The molecule has 0 fully saturated rings. The molecule has 0 radical (unpaired) electrons. The van der Waals surface area contributed by atoms with Gasteiger partial charge >= 0.3 is 0 Å². The van der Waals surface area contributed by atoms with Gasteiger partial charge < -0.3 is 0 Å². The molecule has 0 saturated carbocycles. The molecule has 0 N–H and O–H groups in total. The van der Waals surface area contributed by atoms with Crippen LogP contribution in [-0.4, -0.2) is 0 Å². The third-order valence-electron chi connectivity index (χ3n) is 7.84. The van der Waals surface area contributed by atoms with E-state index in [4.69, 9.17) is 0 Å². The summed E-state index contributed by atoms with van der Waals surface area (Å²) < 4.78 is 0. The van der Waals surface area contributed by atoms with Crippen LogP contribution >= 0.6 is 0 Å². The van der Waals surface area contributed by atoms with Crippen molar-refractivity contribution in [2.45, 2.75) is 117 Å². The Morgan fingerprint density at radius 3 is 1.41 bits per heavy atom. The van der Waals surface area contributed by atoms with Gasteiger partial charge in [0.25, 0.3) is 0 Å². The first-order valence-corrected chi connectivity index (χ1v) is 14.4. The van der Waals surface area contributed by atoms with E-state index in [2.05, 4.69) is 62.4 Å². The minimum Gasteiger partial charge on any atom is -0.0807 e. The lowest BCUT2D eigenvalue weighted by molar-refractivity contribution is 0.721. The molecule has 2 aliphatic carbocycles. The molecule has 0 heterocycles. The zero-order chi connectivity index (χ0) is 23.6. The van der Waals surface area contributed by atoms with Crippen LogP contribution in [0.25, 0.3) is 11.1 Å². The second-order valence-electron chi connectivity index (χ2n) is 10.6. The van der Waals surface area contributed by atoms with Gasteiger partial charge in [0, 0.05) is 0 Å². The van der Waals surface area contributed by atoms with Crippen LogP contribution in [0.1, 0.15) is 124 Å². The van der Waals surface area contributed by atoms with Crippen molar-refractivity contribution in [3.8, 4) is 0 Å². The fourth-order valence-electron chi connectivity index (χ4n) is 5.97. The van der Waals surface area contributed by atoms with E-state index in [9.17, 15) is 0 Å². The molecule has 2 aromatic rings. The van der Waals surface area contributed by atoms with Crippen molar-refractivity contribution in [1.29, 1.82) is 0 Å². The van der Waals surface area contributed by atoms with Gasteiger partial charge in [-0.2, -0.15) is 0 Å². The number of hydrogen-bond acceptors (Lipinski definition) is 0. The van der Waals surface area contributed by atoms with Crippen LogP contribution in [0, 0.1) is 0 Å². The molecule has 0 heteroatoms. The summed E-state index contributed by atoms with van der Waals surface area (Å²) in [5.41, 5.74) is 12.6. The Morgan fingerprint density at radius 2 is 1.03 bits per heavy atom. The number of unbranched alkanes of at least 4 members (excludes halogenated alkanes) is 1. The van der Waals surface area contributed by atoms with Crippen LogP contribution in [0.2, 0.25) is 0 Å². The van der Waals surface area contributed by atoms with E-state index >= 15 is 0 Å². The van der Waals surface area contributed by atoms with Gasteiger partial charge in [-0.05, 0) is 134 Å². The van der Waals surface area contributed by atoms with Crippen LogP contribution < -0.4 is 0 Å². The molecule has 2 aliphatic rings. The molecule has 0 aromatic heterocycles. The molecule has 0 atom stereocenters. The average Bonchev–Trinajstić information content (AvgIpc) is 2.89. The summed E-state index contributed by atoms with van der Waals surface area (Å²) >= 11 is 0. The summed E-state index contributed by atoms with van der Waals surface area (Å²) in [5, 5.41) is 0. The summed E-state index contributed by atoms with van der Waals surface area (Å²) in [5.74, 6) is 0. The van der Waals surface area contributed by atoms with Crippen molar-refractivity contribution < 1.29 is 0 Å². The molecule has 0 unspecified atom stereocenters. The van der Waals surface area contributed by atoms with Crippen molar-refractivity contribution >= 4 is 11.1 Å². The van der Waals surface area contributed by atoms with Gasteiger partial charge in [-0.3, -0.25) is 0 Å². The quantitative estimate of drug-likeness (QED) is 0.296. The molecule has 34 heavy (non-hydrogen) atoms. The van der Waals surface area contributed by atoms with Gasteiger partial charge in [-0.15, -0.1) is 0 Å². The number of allylic oxidation sites excluding steroid dienone is 4. The molecule has 0 aliphatic heterocycles. The third-order valence-corrected chi connectivity index (χ3v) is 7.84. The molecule has 182 valence electrons. The highest BCUT2D eigenvalue weighted by molar-refractivity contribution is 5.70. The Bertz CT molecular complexity index is 906. The lowest BCUT2D eigenvalue weighted by Crippen LogP contribution is -2.02. The van der Waals surface area contributed by atoms with E-state index in [-0.39, 0.29) is 0 Å². The summed E-state index contributed by atoms with van der Waals surface area (Å²) in [6.45, 7) is 4.58. The maximum atomic E-state index is 2.53. The summed E-state index contributed by atoms with van der Waals surface area (Å²) in [7, 11) is 0. The van der Waals surface area contributed by atoms with Crippen molar-refractivity contribution in [3.63, 3.8) is 0 Å². The van der Waals surface area contributed by atoms with Crippen LogP contribution in [0.15, 0.2) is 48.6 Å². The zero-order valence-corrected chi connectivity index (χ0v) is 21.9. The van der Waals surface area contributed by atoms with Crippen molar-refractivity contribution in [2.24, 2.45) is 0 Å². The molecule has 0 spiro atoms. The van der Waals surface area contributed by atoms with Gasteiger partial charge in [0.1, 0.15) is 0 Å². The van der Waals surface area contributed by atoms with E-state index in [0.29, 0.717) is 0 Å². The van der Waals surface area contributed by atoms with Gasteiger partial charge in [0.05, 0.1) is 0 Å². The Kier molecular flexibility index (Phi) is 9.66. The molecular weight excluding hydrogens is 408 g/mol. The molecule has 2 aromatic carbocycles. The molecule has 0 saturated heterocycles. The highest BCUT2D eigenvalue weighted by Gasteiger charge is 2.14. The fourth-order valence-corrected chi connectivity index (χ4v) is 5.97. The summed E-state index contributed by atoms with van der Waals surface area (Å²) in [4.78, 5) is 0. The smallest absolute Gasteiger partial charge is 0.0193 e. The van der Waals surface area contributed by atoms with Gasteiger partial charge in [-0.1, -0.05) is 75.2 Å². The number of aryl methyl sites for hydroxylation is 4. The maximum Gasteiger partial charge on any atom is -0.0193 e. The van der Waals surface area contributed by atoms with Crippen molar-refractivity contribution in [2.75, 3.05) is 0 Å². The average molecular weight is 455 g/mol. The first-order chi connectivity index (χ1) is 16.8. The maximum absolute atomic E-state index is 2.53. The lowest BCUT2D eigenvalue weighted by atomic mass is 9.86. The summed E-state index contributed by atoms with van der Waals surface area (Å²) in [6.07, 6.45) is 25.4. The standard InChI is InChI=1S/C34H46/c1-3-13-27-21-23-31(33(25-27)29-15-7-5-8-16-29)19-11-12-20-32-24-22-28(14-4-2)26-34(32)30-17-9-6-10-18-30/h15,17,21-26H,3-14,16,18-20H2,1-2H3. The number of benzene rings is 2. The van der Waals surface area contributed by atoms with Crippen molar-refractivity contribution in [3.05, 3.63) is 81.9 Å². The Morgan fingerprint density at radius 1 is 0.559 bits per heavy atom. The second-order valence-corrected chi connectivity index (χ2v) is 10.6. The van der Waals surface area contributed by atoms with Crippen LogP contribution in [-0.2, 0) is 25.7 Å². The first-order valence-electron chi connectivity index (χ1n) is 14.4. The Labute approximate surface area is 209 Å². The SMILES string of the molecule is CCCc1ccc(CCCCc2ccc(CCC)cc2C2=CCCCC2)c(C2=CCCCC2)c1. The molecule has 0 nitrogen and oxygen atoms in total. The fraction of sp³-hybridized carbons (Fsp3) is 0.529. The minimum absolute atomic E-state index is 1.20. The number of hydrogen-bond donors (Lipinski definition) is 0. The molecule has 4 rings (SSSR count). The van der Waals surface area contributed by atoms with E-state index in [1.807, 2.05) is 0 Å². The van der Waals surface area contributed by atoms with Crippen molar-refractivity contribution in [1.82, 2.24) is 0 Å². The Balaban J connectivity index is 1.44. The Hall–Kier alpha value is -2.08. The third kappa shape index (κ3) is 6.74. The molecule has 0 amide bonds. The molecule has 0 bridgehead atoms. The topological polar surface area (TPSA) is 0 Å². The minimum atomic E-state index is 1.20. The summed E-state index contributed by atoms with van der Waals surface area (Å²) in [6, 6.07) is 14.7. The van der Waals surface area contributed by atoms with Crippen LogP contribution in [0.3, 0.4) is 0 Å². The van der Waals surface area contributed by atoms with E-state index in [1.54, 1.807) is 33.4 Å². The predicted molar refractivity (Wildman–Crippen MR) is 150 cm³/mol.